The zero-order chi connectivity index (χ0) is 22.2. The topological polar surface area (TPSA) is 119 Å². The summed E-state index contributed by atoms with van der Waals surface area (Å²) < 4.78 is 43.9. The van der Waals surface area contributed by atoms with Gasteiger partial charge in [0, 0.05) is 38.0 Å². The van der Waals surface area contributed by atoms with Gasteiger partial charge < -0.3 is 9.42 Å². The second-order valence-corrected chi connectivity index (χ2v) is 6.84. The van der Waals surface area contributed by atoms with Crippen molar-refractivity contribution in [2.24, 2.45) is 7.05 Å². The number of rotatable bonds is 4. The van der Waals surface area contributed by atoms with Gasteiger partial charge in [-0.15, -0.1) is 0 Å². The second kappa shape index (κ2) is 7.81. The Bertz CT molecular complexity index is 1130. The lowest BCUT2D eigenvalue weighted by molar-refractivity contribution is -0.141. The van der Waals surface area contributed by atoms with Crippen molar-refractivity contribution in [1.29, 1.82) is 0 Å². The number of anilines is 1. The number of nitrogens with zero attached hydrogens (tertiary/aromatic N) is 6. The molecule has 2 amide bonds. The number of imide groups is 1. The molecule has 0 unspecified atom stereocenters. The third-order valence-electron chi connectivity index (χ3n) is 4.68. The van der Waals surface area contributed by atoms with Gasteiger partial charge in [-0.2, -0.15) is 23.3 Å². The Morgan fingerprint density at radius 3 is 2.58 bits per heavy atom. The minimum absolute atomic E-state index is 0.111. The van der Waals surface area contributed by atoms with Crippen molar-refractivity contribution in [3.63, 3.8) is 0 Å². The van der Waals surface area contributed by atoms with E-state index in [2.05, 4.69) is 25.1 Å². The summed E-state index contributed by atoms with van der Waals surface area (Å²) >= 11 is 0. The highest BCUT2D eigenvalue weighted by atomic mass is 19.4. The Labute approximate surface area is 173 Å². The number of amides is 2. The van der Waals surface area contributed by atoms with Gasteiger partial charge in [0.2, 0.25) is 5.82 Å². The van der Waals surface area contributed by atoms with Crippen molar-refractivity contribution in [3.8, 4) is 11.4 Å². The van der Waals surface area contributed by atoms with Gasteiger partial charge in [0.1, 0.15) is 11.5 Å². The number of nitrogens with one attached hydrogen (secondary N) is 1. The minimum Gasteiger partial charge on any atom is -0.357 e. The van der Waals surface area contributed by atoms with E-state index in [0.717, 1.165) is 43.5 Å². The van der Waals surface area contributed by atoms with Gasteiger partial charge in [-0.1, -0.05) is 5.16 Å². The smallest absolute Gasteiger partial charge is 0.357 e. The van der Waals surface area contributed by atoms with E-state index in [-0.39, 0.29) is 5.82 Å². The molecule has 31 heavy (non-hydrogen) atoms. The summed E-state index contributed by atoms with van der Waals surface area (Å²) in [6.45, 7) is 1.78. The molecule has 3 aromatic heterocycles. The van der Waals surface area contributed by atoms with Crippen LogP contribution in [0.1, 0.15) is 39.7 Å². The monoisotopic (exact) mass is 435 g/mol. The van der Waals surface area contributed by atoms with Crippen molar-refractivity contribution >= 4 is 17.6 Å². The van der Waals surface area contributed by atoms with Crippen LogP contribution in [-0.2, 0) is 13.2 Å². The summed E-state index contributed by atoms with van der Waals surface area (Å²) in [7, 11) is 1.15. The highest BCUT2D eigenvalue weighted by molar-refractivity contribution is 6.08. The van der Waals surface area contributed by atoms with Gasteiger partial charge in [0.15, 0.2) is 5.69 Å². The fourth-order valence-electron chi connectivity index (χ4n) is 3.15. The van der Waals surface area contributed by atoms with Crippen LogP contribution in [0.5, 0.6) is 0 Å². The van der Waals surface area contributed by atoms with E-state index in [1.165, 1.54) is 0 Å². The molecule has 4 rings (SSSR count). The van der Waals surface area contributed by atoms with E-state index in [1.807, 2.05) is 5.32 Å². The third-order valence-corrected chi connectivity index (χ3v) is 4.68. The third kappa shape index (κ3) is 4.25. The van der Waals surface area contributed by atoms with Crippen LogP contribution in [0.4, 0.5) is 19.0 Å². The molecule has 162 valence electrons. The summed E-state index contributed by atoms with van der Waals surface area (Å²) in [5.41, 5.74) is -1.14. The largest absolute Gasteiger partial charge is 0.435 e. The van der Waals surface area contributed by atoms with Gasteiger partial charge in [-0.25, -0.2) is 4.98 Å². The van der Waals surface area contributed by atoms with Gasteiger partial charge >= 0.3 is 18.0 Å². The maximum atomic E-state index is 12.7. The molecule has 0 atom stereocenters. The van der Waals surface area contributed by atoms with E-state index in [9.17, 15) is 22.8 Å². The maximum Gasteiger partial charge on any atom is 0.435 e. The molecular formula is C18H16F3N7O3. The van der Waals surface area contributed by atoms with Crippen molar-refractivity contribution in [2.45, 2.75) is 19.0 Å². The van der Waals surface area contributed by atoms with Crippen LogP contribution < -0.4 is 10.2 Å². The number of halogens is 3. The summed E-state index contributed by atoms with van der Waals surface area (Å²) in [6, 6.07) is 3.95. The van der Waals surface area contributed by atoms with Crippen molar-refractivity contribution < 1.29 is 27.3 Å². The predicted molar refractivity (Wildman–Crippen MR) is 99.0 cm³/mol. The Kier molecular flexibility index (Phi) is 5.17. The van der Waals surface area contributed by atoms with Crippen LogP contribution in [0.25, 0.3) is 11.4 Å². The Morgan fingerprint density at radius 2 is 1.90 bits per heavy atom. The molecule has 10 nitrogen and oxygen atoms in total. The summed E-state index contributed by atoms with van der Waals surface area (Å²) in [4.78, 5) is 34.9. The fraction of sp³-hybridized carbons (Fsp3) is 0.333. The minimum atomic E-state index is -4.72. The fourth-order valence-corrected chi connectivity index (χ4v) is 3.15. The predicted octanol–water partition coefficient (Wildman–Crippen LogP) is 2.05. The molecule has 0 bridgehead atoms. The Morgan fingerprint density at radius 1 is 1.16 bits per heavy atom. The molecule has 1 saturated heterocycles. The van der Waals surface area contributed by atoms with Crippen molar-refractivity contribution in [3.05, 3.63) is 41.7 Å². The Hall–Kier alpha value is -3.77. The first-order valence-electron chi connectivity index (χ1n) is 9.24. The van der Waals surface area contributed by atoms with E-state index in [0.29, 0.717) is 11.6 Å². The average Bonchev–Trinajstić information content (AvgIpc) is 3.47. The summed E-state index contributed by atoms with van der Waals surface area (Å²) in [5.74, 6) is -1.79. The van der Waals surface area contributed by atoms with Gasteiger partial charge in [0.25, 0.3) is 5.91 Å². The number of alkyl halides is 3. The molecule has 1 aliphatic heterocycles. The lowest BCUT2D eigenvalue weighted by Gasteiger charge is -2.16. The molecule has 0 saturated carbocycles. The van der Waals surface area contributed by atoms with Crippen LogP contribution in [0.3, 0.4) is 0 Å². The number of pyridine rings is 1. The number of aryl methyl sites for hydroxylation is 1. The number of carbonyl (C=O) groups excluding carboxylic acids is 2. The molecule has 1 N–H and O–H groups in total. The lowest BCUT2D eigenvalue weighted by atomic mass is 10.2. The zero-order valence-corrected chi connectivity index (χ0v) is 16.2. The number of carbonyl (C=O) groups is 2. The molecule has 1 fully saturated rings. The van der Waals surface area contributed by atoms with E-state index in [4.69, 9.17) is 4.52 Å². The first-order chi connectivity index (χ1) is 14.7. The molecular weight excluding hydrogens is 419 g/mol. The summed E-state index contributed by atoms with van der Waals surface area (Å²) in [5, 5.41) is 8.88. The first kappa shape index (κ1) is 20.5. The average molecular weight is 435 g/mol. The van der Waals surface area contributed by atoms with Crippen LogP contribution in [0, 0.1) is 0 Å². The second-order valence-electron chi connectivity index (χ2n) is 6.84. The number of hydrogen-bond acceptors (Lipinski definition) is 8. The lowest BCUT2D eigenvalue weighted by Crippen LogP contribution is -2.32. The zero-order valence-electron chi connectivity index (χ0n) is 16.2. The van der Waals surface area contributed by atoms with E-state index >= 15 is 0 Å². The van der Waals surface area contributed by atoms with Gasteiger partial charge in [-0.3, -0.25) is 19.6 Å². The van der Waals surface area contributed by atoms with Gasteiger partial charge in [-0.05, 0) is 25.0 Å². The highest BCUT2D eigenvalue weighted by Crippen LogP contribution is 2.28. The Balaban J connectivity index is 1.48. The molecule has 0 aromatic carbocycles. The molecule has 13 heteroatoms. The van der Waals surface area contributed by atoms with Gasteiger partial charge in [0.05, 0.1) is 0 Å². The van der Waals surface area contributed by atoms with Crippen LogP contribution in [0.2, 0.25) is 0 Å². The standard InChI is InChI=1S/C18H16F3N7O3/c1-27-11(9-12(25-27)18(19,20)21)15(29)24-16(30)17-23-14(26-31-17)10-4-5-22-13(8-10)28-6-2-3-7-28/h4-5,8-9H,2-3,6-7H2,1H3,(H,24,29,30). The molecule has 0 spiro atoms. The van der Waals surface area contributed by atoms with E-state index in [1.54, 1.807) is 18.3 Å². The normalized spacial score (nSPS) is 14.1. The molecule has 0 radical (unpaired) electrons. The summed E-state index contributed by atoms with van der Waals surface area (Å²) in [6.07, 6.45) is -0.982. The quantitative estimate of drug-likeness (QED) is 0.619. The van der Waals surface area contributed by atoms with Crippen molar-refractivity contribution in [1.82, 2.24) is 30.2 Å². The molecule has 1 aliphatic rings. The molecule has 0 aliphatic carbocycles. The van der Waals surface area contributed by atoms with Crippen LogP contribution in [0.15, 0.2) is 28.9 Å². The number of hydrogen-bond donors (Lipinski definition) is 1. The number of aromatic nitrogens is 5. The van der Waals surface area contributed by atoms with E-state index < -0.39 is 35.3 Å². The van der Waals surface area contributed by atoms with Crippen molar-refractivity contribution in [2.75, 3.05) is 18.0 Å². The SMILES string of the molecule is Cn1nc(C(F)(F)F)cc1C(=O)NC(=O)c1nc(-c2ccnc(N3CCCC3)c2)no1. The molecule has 4 heterocycles. The highest BCUT2D eigenvalue weighted by Gasteiger charge is 2.35. The van der Waals surface area contributed by atoms with Crippen LogP contribution in [-0.4, -0.2) is 49.8 Å². The van der Waals surface area contributed by atoms with Crippen LogP contribution >= 0.6 is 0 Å². The maximum absolute atomic E-state index is 12.7. The molecule has 3 aromatic rings. The first-order valence-corrected chi connectivity index (χ1v) is 9.24.